The lowest BCUT2D eigenvalue weighted by molar-refractivity contribution is -0.135. The normalized spacial score (nSPS) is 16.8. The summed E-state index contributed by atoms with van der Waals surface area (Å²) in [6.45, 7) is 2.04. The zero-order valence-corrected chi connectivity index (χ0v) is 24.7. The Labute approximate surface area is 257 Å². The monoisotopic (exact) mass is 625 g/mol. The Bertz CT molecular complexity index is 1630. The number of piperazine rings is 1. The number of hydrogen-bond acceptors (Lipinski definition) is 7. The molecule has 0 spiro atoms. The minimum atomic E-state index is -1.26. The molecule has 0 saturated carbocycles. The molecule has 5 rings (SSSR count). The minimum Gasteiger partial charge on any atom is -0.476 e. The van der Waals surface area contributed by atoms with Gasteiger partial charge in [-0.15, -0.1) is 0 Å². The van der Waals surface area contributed by atoms with E-state index in [1.807, 2.05) is 0 Å². The van der Waals surface area contributed by atoms with Crippen LogP contribution in [0.3, 0.4) is 0 Å². The van der Waals surface area contributed by atoms with Crippen LogP contribution in [0, 0.1) is 23.0 Å². The summed E-state index contributed by atoms with van der Waals surface area (Å²) in [5.41, 5.74) is 0.543. The van der Waals surface area contributed by atoms with Crippen LogP contribution in [0.1, 0.15) is 40.2 Å². The third-order valence-corrected chi connectivity index (χ3v) is 8.06. The highest BCUT2D eigenvalue weighted by molar-refractivity contribution is 6.34. The molecule has 44 heavy (non-hydrogen) atoms. The van der Waals surface area contributed by atoms with E-state index < -0.39 is 29.9 Å². The molecule has 0 aliphatic carbocycles. The summed E-state index contributed by atoms with van der Waals surface area (Å²) in [6, 6.07) is 8.48. The lowest BCUT2D eigenvalue weighted by Crippen LogP contribution is -2.55. The molecule has 2 aliphatic heterocycles. The molecule has 11 nitrogen and oxygen atoms in total. The first kappa shape index (κ1) is 30.9. The van der Waals surface area contributed by atoms with Crippen LogP contribution in [0.25, 0.3) is 11.3 Å². The summed E-state index contributed by atoms with van der Waals surface area (Å²) in [4.78, 5) is 46.5. The lowest BCUT2D eigenvalue weighted by Gasteiger charge is -2.37. The Morgan fingerprint density at radius 1 is 1.11 bits per heavy atom. The molecule has 0 radical (unpaired) electrons. The van der Waals surface area contributed by atoms with Gasteiger partial charge in [-0.1, -0.05) is 18.0 Å². The van der Waals surface area contributed by atoms with Crippen molar-refractivity contribution in [3.8, 4) is 23.1 Å². The summed E-state index contributed by atoms with van der Waals surface area (Å²) in [7, 11) is 1.47. The fourth-order valence-corrected chi connectivity index (χ4v) is 5.62. The molecule has 2 aromatic carbocycles. The van der Waals surface area contributed by atoms with E-state index in [9.17, 15) is 23.2 Å². The second kappa shape index (κ2) is 13.4. The Morgan fingerprint density at radius 3 is 2.55 bits per heavy atom. The zero-order chi connectivity index (χ0) is 31.4. The maximum absolute atomic E-state index is 14.8. The van der Waals surface area contributed by atoms with Crippen molar-refractivity contribution in [3.05, 3.63) is 64.6 Å². The number of ether oxygens (including phenoxy) is 1. The van der Waals surface area contributed by atoms with Gasteiger partial charge in [0.1, 0.15) is 6.07 Å². The van der Waals surface area contributed by atoms with E-state index >= 15 is 0 Å². The molecule has 2 N–H and O–H groups in total. The predicted molar refractivity (Wildman–Crippen MR) is 157 cm³/mol. The summed E-state index contributed by atoms with van der Waals surface area (Å²) < 4.78 is 35.4. The molecule has 230 valence electrons. The van der Waals surface area contributed by atoms with Gasteiger partial charge in [-0.3, -0.25) is 14.4 Å². The Balaban J connectivity index is 1.22. The van der Waals surface area contributed by atoms with Crippen molar-refractivity contribution in [1.29, 1.82) is 5.26 Å². The number of imidazole rings is 1. The molecule has 1 unspecified atom stereocenters. The number of nitriles is 1. The largest absolute Gasteiger partial charge is 0.476 e. The van der Waals surface area contributed by atoms with Crippen molar-refractivity contribution >= 4 is 35.0 Å². The molecule has 1 atom stereocenters. The van der Waals surface area contributed by atoms with Crippen LogP contribution in [0.2, 0.25) is 5.02 Å². The first-order valence-corrected chi connectivity index (χ1v) is 14.5. The number of anilines is 1. The van der Waals surface area contributed by atoms with Gasteiger partial charge in [-0.2, -0.15) is 9.65 Å². The molecule has 3 heterocycles. The van der Waals surface area contributed by atoms with Crippen LogP contribution < -0.4 is 15.4 Å². The smallest absolute Gasteiger partial charge is 0.291 e. The van der Waals surface area contributed by atoms with E-state index in [0.717, 1.165) is 25.8 Å². The highest BCUT2D eigenvalue weighted by atomic mass is 35.5. The fourth-order valence-electron chi connectivity index (χ4n) is 5.36. The first-order valence-electron chi connectivity index (χ1n) is 14.1. The lowest BCUT2D eigenvalue weighted by atomic mass is 10.0. The molecule has 1 aromatic heterocycles. The molecular weight excluding hydrogens is 596 g/mol. The second-order valence-corrected chi connectivity index (χ2v) is 10.9. The first-order chi connectivity index (χ1) is 21.2. The molecular formula is C30H30ClF2N7O4. The van der Waals surface area contributed by atoms with Crippen molar-refractivity contribution in [3.63, 3.8) is 0 Å². The predicted octanol–water partition coefficient (Wildman–Crippen LogP) is 3.60. The Hall–Kier alpha value is -4.54. The van der Waals surface area contributed by atoms with Crippen molar-refractivity contribution in [2.45, 2.75) is 25.3 Å². The number of nitrogens with zero attached hydrogens (tertiary/aromatic N) is 5. The van der Waals surface area contributed by atoms with E-state index in [1.165, 1.54) is 48.1 Å². The van der Waals surface area contributed by atoms with E-state index in [2.05, 4.69) is 15.6 Å². The van der Waals surface area contributed by atoms with Gasteiger partial charge >= 0.3 is 0 Å². The fraction of sp³-hybridized carbons (Fsp3) is 0.367. The van der Waals surface area contributed by atoms with E-state index in [4.69, 9.17) is 21.6 Å². The number of aromatic nitrogens is 2. The van der Waals surface area contributed by atoms with Crippen LogP contribution in [0.4, 0.5) is 14.5 Å². The number of nitrogens with one attached hydrogen (secondary N) is 2. The standard InChI is InChI=1S/C30H30ClF2N7O4/c1-38-23(20-7-8-24(44-15-9-34)26(33)25(20)32)17-36-27(38)28(41)37-18-5-6-19(21(31)16-18)29(42)39-11-13-40(14-12-39)30(43)22-4-2-3-10-35-22/h5-8,16-17,22,35H,2-4,10-15H2,1H3,(H,37,41). The average molecular weight is 626 g/mol. The van der Waals surface area contributed by atoms with Crippen molar-refractivity contribution in [2.75, 3.05) is 44.6 Å². The van der Waals surface area contributed by atoms with E-state index in [1.54, 1.807) is 15.9 Å². The van der Waals surface area contributed by atoms with Crippen molar-refractivity contribution in [2.24, 2.45) is 7.05 Å². The Kier molecular flexibility index (Phi) is 9.41. The number of halogens is 3. The van der Waals surface area contributed by atoms with Gasteiger partial charge in [0, 0.05) is 44.5 Å². The third kappa shape index (κ3) is 6.36. The SMILES string of the molecule is Cn1c(-c2ccc(OCC#N)c(F)c2F)cnc1C(=O)Nc1ccc(C(=O)N2CCN(C(=O)C3CCCCN3)CC2)c(Cl)c1. The van der Waals surface area contributed by atoms with Crippen LogP contribution in [0.5, 0.6) is 5.75 Å². The van der Waals surface area contributed by atoms with Gasteiger partial charge < -0.3 is 29.7 Å². The number of rotatable bonds is 7. The highest BCUT2D eigenvalue weighted by Gasteiger charge is 2.30. The summed E-state index contributed by atoms with van der Waals surface area (Å²) in [5.74, 6) is -3.81. The Morgan fingerprint density at radius 2 is 1.86 bits per heavy atom. The number of hydrogen-bond donors (Lipinski definition) is 2. The van der Waals surface area contributed by atoms with Crippen LogP contribution in [-0.2, 0) is 11.8 Å². The zero-order valence-electron chi connectivity index (χ0n) is 23.9. The van der Waals surface area contributed by atoms with Gasteiger partial charge in [0.25, 0.3) is 11.8 Å². The highest BCUT2D eigenvalue weighted by Crippen LogP contribution is 2.30. The van der Waals surface area contributed by atoms with Gasteiger partial charge in [0.05, 0.1) is 28.5 Å². The summed E-state index contributed by atoms with van der Waals surface area (Å²) >= 11 is 6.45. The topological polar surface area (TPSA) is 133 Å². The van der Waals surface area contributed by atoms with Gasteiger partial charge in [-0.05, 0) is 49.7 Å². The van der Waals surface area contributed by atoms with Crippen molar-refractivity contribution < 1.29 is 27.9 Å². The number of benzene rings is 2. The van der Waals surface area contributed by atoms with Gasteiger partial charge in [-0.25, -0.2) is 9.37 Å². The summed E-state index contributed by atoms with van der Waals surface area (Å²) in [5, 5.41) is 14.7. The maximum atomic E-state index is 14.8. The molecule has 3 amide bonds. The number of carbonyl (C=O) groups excluding carboxylic acids is 3. The molecule has 2 aliphatic rings. The number of piperidine rings is 1. The number of carbonyl (C=O) groups is 3. The van der Waals surface area contributed by atoms with Crippen LogP contribution >= 0.6 is 11.6 Å². The molecule has 3 aromatic rings. The molecule has 2 saturated heterocycles. The third-order valence-electron chi connectivity index (χ3n) is 7.75. The quantitative estimate of drug-likeness (QED) is 0.410. The minimum absolute atomic E-state index is 0.0755. The van der Waals surface area contributed by atoms with Crippen LogP contribution in [-0.4, -0.2) is 82.4 Å². The summed E-state index contributed by atoms with van der Waals surface area (Å²) in [6.07, 6.45) is 4.15. The second-order valence-electron chi connectivity index (χ2n) is 10.5. The maximum Gasteiger partial charge on any atom is 0.291 e. The van der Waals surface area contributed by atoms with E-state index in [-0.39, 0.29) is 45.5 Å². The molecule has 2 fully saturated rings. The van der Waals surface area contributed by atoms with E-state index in [0.29, 0.717) is 31.9 Å². The van der Waals surface area contributed by atoms with Gasteiger partial charge in [0.15, 0.2) is 24.0 Å². The van der Waals surface area contributed by atoms with Crippen LogP contribution in [0.15, 0.2) is 36.5 Å². The van der Waals surface area contributed by atoms with Crippen molar-refractivity contribution in [1.82, 2.24) is 24.7 Å². The molecule has 14 heteroatoms. The van der Waals surface area contributed by atoms with Gasteiger partial charge in [0.2, 0.25) is 11.7 Å². The number of amides is 3. The molecule has 0 bridgehead atoms. The average Bonchev–Trinajstić information content (AvgIpc) is 3.42.